The number of morpholine rings is 1. The molecule has 6 nitrogen and oxygen atoms in total. The Bertz CT molecular complexity index is 506. The van der Waals surface area contributed by atoms with Gasteiger partial charge in [-0.1, -0.05) is 19.9 Å². The van der Waals surface area contributed by atoms with Crippen LogP contribution in [0.25, 0.3) is 0 Å². The number of aliphatic imine (C=N–C) groups is 1. The van der Waals surface area contributed by atoms with Crippen molar-refractivity contribution in [1.82, 2.24) is 20.5 Å². The first kappa shape index (κ1) is 23.1. The molecular weight excluding hydrogens is 441 g/mol. The zero-order chi connectivity index (χ0) is 17.9. The van der Waals surface area contributed by atoms with E-state index < -0.39 is 0 Å². The monoisotopic (exact) mass is 475 g/mol. The third kappa shape index (κ3) is 8.64. The normalized spacial score (nSPS) is 16.8. The molecule has 1 atom stereocenters. The van der Waals surface area contributed by atoms with Gasteiger partial charge in [-0.25, -0.2) is 0 Å². The molecule has 2 N–H and O–H groups in total. The van der Waals surface area contributed by atoms with Crippen molar-refractivity contribution in [3.05, 3.63) is 30.1 Å². The Balaban J connectivity index is 0.00000338. The van der Waals surface area contributed by atoms with Gasteiger partial charge in [-0.2, -0.15) is 0 Å². The molecule has 2 rings (SSSR count). The Morgan fingerprint density at radius 1 is 1.31 bits per heavy atom. The van der Waals surface area contributed by atoms with Gasteiger partial charge in [-0.05, 0) is 30.4 Å². The molecule has 0 spiro atoms. The van der Waals surface area contributed by atoms with Crippen LogP contribution >= 0.6 is 24.0 Å². The van der Waals surface area contributed by atoms with Crippen molar-refractivity contribution in [2.24, 2.45) is 10.9 Å². The highest BCUT2D eigenvalue weighted by Gasteiger charge is 2.22. The van der Waals surface area contributed by atoms with Crippen molar-refractivity contribution in [3.63, 3.8) is 0 Å². The van der Waals surface area contributed by atoms with Gasteiger partial charge in [-0.15, -0.1) is 24.0 Å². The third-order valence-corrected chi connectivity index (χ3v) is 4.46. The van der Waals surface area contributed by atoms with Gasteiger partial charge in [0.1, 0.15) is 0 Å². The molecule has 0 saturated carbocycles. The van der Waals surface area contributed by atoms with Gasteiger partial charge in [-0.3, -0.25) is 14.9 Å². The van der Waals surface area contributed by atoms with Crippen LogP contribution in [-0.2, 0) is 11.2 Å². The molecule has 0 radical (unpaired) electrons. The van der Waals surface area contributed by atoms with E-state index in [1.807, 2.05) is 19.3 Å². The van der Waals surface area contributed by atoms with Crippen LogP contribution in [0.3, 0.4) is 0 Å². The quantitative estimate of drug-likeness (QED) is 0.343. The van der Waals surface area contributed by atoms with Crippen LogP contribution in [0.15, 0.2) is 29.5 Å². The minimum atomic E-state index is 0. The van der Waals surface area contributed by atoms with Crippen molar-refractivity contribution in [1.29, 1.82) is 0 Å². The van der Waals surface area contributed by atoms with Crippen LogP contribution < -0.4 is 10.6 Å². The molecule has 1 aromatic rings. The summed E-state index contributed by atoms with van der Waals surface area (Å²) in [5.41, 5.74) is 1.23. The molecule has 26 heavy (non-hydrogen) atoms. The number of hydrogen-bond donors (Lipinski definition) is 2. The summed E-state index contributed by atoms with van der Waals surface area (Å²) in [5, 5.41) is 6.90. The summed E-state index contributed by atoms with van der Waals surface area (Å²) >= 11 is 0. The number of ether oxygens (including phenoxy) is 1. The Morgan fingerprint density at radius 2 is 2.08 bits per heavy atom. The van der Waals surface area contributed by atoms with Crippen molar-refractivity contribution in [3.8, 4) is 0 Å². The molecule has 0 aliphatic carbocycles. The van der Waals surface area contributed by atoms with Crippen LogP contribution in [0.4, 0.5) is 0 Å². The van der Waals surface area contributed by atoms with E-state index in [1.54, 1.807) is 6.20 Å². The summed E-state index contributed by atoms with van der Waals surface area (Å²) < 4.78 is 5.49. The molecular formula is C19H34IN5O. The zero-order valence-electron chi connectivity index (χ0n) is 16.3. The summed E-state index contributed by atoms with van der Waals surface area (Å²) in [6, 6.07) is 4.59. The van der Waals surface area contributed by atoms with E-state index in [-0.39, 0.29) is 24.0 Å². The Kier molecular flexibility index (Phi) is 11.8. The molecule has 1 unspecified atom stereocenters. The number of rotatable bonds is 8. The third-order valence-electron chi connectivity index (χ3n) is 4.46. The van der Waals surface area contributed by atoms with Crippen LogP contribution in [0, 0.1) is 5.92 Å². The summed E-state index contributed by atoms with van der Waals surface area (Å²) in [6.45, 7) is 10.0. The van der Waals surface area contributed by atoms with Gasteiger partial charge < -0.3 is 15.4 Å². The Labute approximate surface area is 175 Å². The van der Waals surface area contributed by atoms with Crippen molar-refractivity contribution < 1.29 is 4.74 Å². The number of aromatic nitrogens is 1. The number of halogens is 1. The first-order chi connectivity index (χ1) is 12.2. The molecule has 0 bridgehead atoms. The number of hydrogen-bond acceptors (Lipinski definition) is 4. The van der Waals surface area contributed by atoms with E-state index in [0.29, 0.717) is 12.0 Å². The summed E-state index contributed by atoms with van der Waals surface area (Å²) in [5.74, 6) is 1.54. The highest BCUT2D eigenvalue weighted by Crippen LogP contribution is 2.12. The molecule has 0 amide bonds. The first-order valence-corrected chi connectivity index (χ1v) is 9.34. The second-order valence-corrected chi connectivity index (χ2v) is 6.92. The van der Waals surface area contributed by atoms with Gasteiger partial charge >= 0.3 is 0 Å². The van der Waals surface area contributed by atoms with Gasteiger partial charge in [0.15, 0.2) is 5.96 Å². The maximum atomic E-state index is 5.49. The van der Waals surface area contributed by atoms with Crippen LogP contribution in [0.2, 0.25) is 0 Å². The fourth-order valence-electron chi connectivity index (χ4n) is 3.15. The highest BCUT2D eigenvalue weighted by atomic mass is 127. The van der Waals surface area contributed by atoms with Gasteiger partial charge in [0.05, 0.1) is 13.2 Å². The van der Waals surface area contributed by atoms with Gasteiger partial charge in [0.25, 0.3) is 0 Å². The zero-order valence-corrected chi connectivity index (χ0v) is 18.6. The average Bonchev–Trinajstić information content (AvgIpc) is 2.64. The van der Waals surface area contributed by atoms with E-state index >= 15 is 0 Å². The standard InChI is InChI=1S/C19H33N5O.HI/c1-16(2)13-18(24-9-11-25-12-10-24)15-23-19(20-3)22-8-6-17-5-4-7-21-14-17;/h4-5,7,14,16,18H,6,8-13,15H2,1-3H3,(H2,20,22,23);1H. The SMILES string of the molecule is CN=C(NCCc1cccnc1)NCC(CC(C)C)N1CCOCC1.I. The lowest BCUT2D eigenvalue weighted by atomic mass is 10.0. The van der Waals surface area contributed by atoms with Crippen LogP contribution in [0.5, 0.6) is 0 Å². The Hall–Kier alpha value is -0.930. The predicted molar refractivity (Wildman–Crippen MR) is 118 cm³/mol. The second kappa shape index (κ2) is 13.3. The average molecular weight is 475 g/mol. The van der Waals surface area contributed by atoms with E-state index in [4.69, 9.17) is 4.74 Å². The molecule has 1 aromatic heterocycles. The minimum Gasteiger partial charge on any atom is -0.379 e. The highest BCUT2D eigenvalue weighted by molar-refractivity contribution is 14.0. The second-order valence-electron chi connectivity index (χ2n) is 6.92. The summed E-state index contributed by atoms with van der Waals surface area (Å²) in [6.07, 6.45) is 5.83. The lowest BCUT2D eigenvalue weighted by Gasteiger charge is -2.35. The van der Waals surface area contributed by atoms with E-state index in [0.717, 1.165) is 51.8 Å². The number of nitrogens with zero attached hydrogens (tertiary/aromatic N) is 3. The van der Waals surface area contributed by atoms with E-state index in [9.17, 15) is 0 Å². The smallest absolute Gasteiger partial charge is 0.191 e. The topological polar surface area (TPSA) is 61.8 Å². The minimum absolute atomic E-state index is 0. The van der Waals surface area contributed by atoms with Crippen LogP contribution in [0.1, 0.15) is 25.8 Å². The molecule has 0 aromatic carbocycles. The number of guanidine groups is 1. The maximum absolute atomic E-state index is 5.49. The van der Waals surface area contributed by atoms with Crippen molar-refractivity contribution in [2.45, 2.75) is 32.7 Å². The predicted octanol–water partition coefficient (Wildman–Crippen LogP) is 2.15. The lowest BCUT2D eigenvalue weighted by molar-refractivity contribution is 0.0132. The molecule has 1 aliphatic rings. The summed E-state index contributed by atoms with van der Waals surface area (Å²) in [7, 11) is 1.82. The van der Waals surface area contributed by atoms with Gasteiger partial charge in [0.2, 0.25) is 0 Å². The number of pyridine rings is 1. The molecule has 1 fully saturated rings. The number of nitrogens with one attached hydrogen (secondary N) is 2. The lowest BCUT2D eigenvalue weighted by Crippen LogP contribution is -2.51. The van der Waals surface area contributed by atoms with Crippen LogP contribution in [-0.4, -0.2) is 68.3 Å². The molecule has 2 heterocycles. The molecule has 1 aliphatic heterocycles. The Morgan fingerprint density at radius 3 is 2.69 bits per heavy atom. The van der Waals surface area contributed by atoms with Crippen molar-refractivity contribution >= 4 is 29.9 Å². The van der Waals surface area contributed by atoms with Gasteiger partial charge in [0, 0.05) is 51.7 Å². The maximum Gasteiger partial charge on any atom is 0.191 e. The largest absolute Gasteiger partial charge is 0.379 e. The fourth-order valence-corrected chi connectivity index (χ4v) is 3.15. The summed E-state index contributed by atoms with van der Waals surface area (Å²) in [4.78, 5) is 11.0. The van der Waals surface area contributed by atoms with E-state index in [2.05, 4.69) is 45.4 Å². The molecule has 1 saturated heterocycles. The first-order valence-electron chi connectivity index (χ1n) is 9.34. The van der Waals surface area contributed by atoms with Crippen molar-refractivity contribution in [2.75, 3.05) is 46.4 Å². The fraction of sp³-hybridized carbons (Fsp3) is 0.684. The molecule has 7 heteroatoms. The van der Waals surface area contributed by atoms with E-state index in [1.165, 1.54) is 12.0 Å². The molecule has 148 valence electrons.